The van der Waals surface area contributed by atoms with Crippen LogP contribution in [-0.4, -0.2) is 67.7 Å². The van der Waals surface area contributed by atoms with Crippen molar-refractivity contribution < 1.29 is 23.5 Å². The number of anilines is 1. The first-order valence-corrected chi connectivity index (χ1v) is 15.4. The largest absolute Gasteiger partial charge is 0.390 e. The van der Waals surface area contributed by atoms with Crippen LogP contribution in [0.3, 0.4) is 0 Å². The molecule has 3 rings (SSSR count). The van der Waals surface area contributed by atoms with E-state index in [-0.39, 0.29) is 24.4 Å². The number of aliphatic hydroxyl groups is 1. The monoisotopic (exact) mass is 608 g/mol. The van der Waals surface area contributed by atoms with E-state index in [9.17, 15) is 23.5 Å². The molecule has 0 bridgehead atoms. The van der Waals surface area contributed by atoms with Crippen LogP contribution in [0.5, 0.6) is 0 Å². The minimum Gasteiger partial charge on any atom is -0.390 e. The predicted octanol–water partition coefficient (Wildman–Crippen LogP) is 5.35. The van der Waals surface area contributed by atoms with Crippen molar-refractivity contribution in [2.24, 2.45) is 0 Å². The number of rotatable bonds is 16. The van der Waals surface area contributed by atoms with Gasteiger partial charge >= 0.3 is 0 Å². The lowest BCUT2D eigenvalue weighted by Crippen LogP contribution is -2.48. The van der Waals surface area contributed by atoms with Gasteiger partial charge in [-0.2, -0.15) is 0 Å². The minimum atomic E-state index is -1.08. The van der Waals surface area contributed by atoms with Crippen LogP contribution in [0, 0.1) is 11.6 Å². The molecular formula is C35H46F2N4O3. The smallest absolute Gasteiger partial charge is 0.253 e. The van der Waals surface area contributed by atoms with Crippen LogP contribution in [0.1, 0.15) is 71.0 Å². The van der Waals surface area contributed by atoms with Crippen molar-refractivity contribution in [3.05, 3.63) is 100 Å². The maximum atomic E-state index is 14.0. The van der Waals surface area contributed by atoms with E-state index in [1.807, 2.05) is 45.0 Å². The summed E-state index contributed by atoms with van der Waals surface area (Å²) in [7, 11) is 3.65. The predicted molar refractivity (Wildman–Crippen MR) is 172 cm³/mol. The molecule has 238 valence electrons. The van der Waals surface area contributed by atoms with Crippen molar-refractivity contribution in [2.75, 3.05) is 38.6 Å². The average molecular weight is 609 g/mol. The summed E-state index contributed by atoms with van der Waals surface area (Å²) >= 11 is 0. The number of hydrogen-bond donors (Lipinski definition) is 3. The zero-order valence-corrected chi connectivity index (χ0v) is 26.5. The second-order valence-corrected chi connectivity index (χ2v) is 11.4. The first kappa shape index (κ1) is 34.7. The molecule has 0 saturated heterocycles. The Morgan fingerprint density at radius 2 is 1.48 bits per heavy atom. The average Bonchev–Trinajstić information content (AvgIpc) is 2.99. The molecule has 0 fully saturated rings. The fourth-order valence-electron chi connectivity index (χ4n) is 5.15. The van der Waals surface area contributed by atoms with Gasteiger partial charge in [-0.05, 0) is 72.7 Å². The molecule has 0 aliphatic heterocycles. The lowest BCUT2D eigenvalue weighted by molar-refractivity contribution is 0.0755. The van der Waals surface area contributed by atoms with Gasteiger partial charge < -0.3 is 25.5 Å². The summed E-state index contributed by atoms with van der Waals surface area (Å²) < 4.78 is 28.1. The lowest BCUT2D eigenvalue weighted by Gasteiger charge is -2.26. The molecule has 2 atom stereocenters. The molecule has 0 aromatic heterocycles. The zero-order chi connectivity index (χ0) is 32.2. The topological polar surface area (TPSA) is 84.9 Å². The normalized spacial score (nSPS) is 12.5. The van der Waals surface area contributed by atoms with E-state index < -0.39 is 29.7 Å². The van der Waals surface area contributed by atoms with Crippen LogP contribution >= 0.6 is 0 Å². The van der Waals surface area contributed by atoms with Crippen LogP contribution in [0.4, 0.5) is 14.5 Å². The Morgan fingerprint density at radius 3 is 2.09 bits per heavy atom. The van der Waals surface area contributed by atoms with Crippen LogP contribution in [-0.2, 0) is 19.4 Å². The highest BCUT2D eigenvalue weighted by molar-refractivity contribution is 6.01. The number of carbonyl (C=O) groups excluding carboxylic acids is 2. The maximum Gasteiger partial charge on any atom is 0.253 e. The molecule has 0 saturated carbocycles. The van der Waals surface area contributed by atoms with Gasteiger partial charge in [0.1, 0.15) is 11.6 Å². The summed E-state index contributed by atoms with van der Waals surface area (Å²) in [5, 5.41) is 17.3. The molecular weight excluding hydrogens is 562 g/mol. The van der Waals surface area contributed by atoms with E-state index in [1.54, 1.807) is 23.1 Å². The SMILES string of the molecule is CCCN(CCC)C(=O)c1cc(C(=O)N[C@@H](Cc2cc(F)cc(F)c2)[C@H](O)CNCc2cccc(CC)c2)cc(N(C)C)c1. The Labute approximate surface area is 260 Å². The summed E-state index contributed by atoms with van der Waals surface area (Å²) in [4.78, 5) is 30.7. The van der Waals surface area contributed by atoms with Gasteiger partial charge in [-0.15, -0.1) is 0 Å². The quantitative estimate of drug-likeness (QED) is 0.204. The van der Waals surface area contributed by atoms with E-state index in [0.29, 0.717) is 36.4 Å². The van der Waals surface area contributed by atoms with Crippen molar-refractivity contribution in [1.29, 1.82) is 0 Å². The summed E-state index contributed by atoms with van der Waals surface area (Å²) in [5.74, 6) is -2.13. The van der Waals surface area contributed by atoms with Gasteiger partial charge in [-0.3, -0.25) is 9.59 Å². The molecule has 0 heterocycles. The molecule has 0 radical (unpaired) electrons. The van der Waals surface area contributed by atoms with Crippen LogP contribution in [0.2, 0.25) is 0 Å². The molecule has 44 heavy (non-hydrogen) atoms. The molecule has 0 unspecified atom stereocenters. The number of hydrogen-bond acceptors (Lipinski definition) is 5. The summed E-state index contributed by atoms with van der Waals surface area (Å²) in [6, 6.07) is 15.4. The molecule has 7 nitrogen and oxygen atoms in total. The van der Waals surface area contributed by atoms with Gasteiger partial charge in [0.25, 0.3) is 11.8 Å². The zero-order valence-electron chi connectivity index (χ0n) is 26.5. The van der Waals surface area contributed by atoms with Gasteiger partial charge in [0, 0.05) is 63.2 Å². The molecule has 9 heteroatoms. The first-order chi connectivity index (χ1) is 21.0. The van der Waals surface area contributed by atoms with E-state index >= 15 is 0 Å². The highest BCUT2D eigenvalue weighted by atomic mass is 19.1. The number of carbonyl (C=O) groups is 2. The van der Waals surface area contributed by atoms with Crippen LogP contribution in [0.15, 0.2) is 60.7 Å². The molecule has 0 aliphatic carbocycles. The molecule has 0 spiro atoms. The summed E-state index contributed by atoms with van der Waals surface area (Å²) in [5.41, 5.74) is 3.88. The molecule has 3 aromatic rings. The van der Waals surface area contributed by atoms with Crippen LogP contribution < -0.4 is 15.5 Å². The molecule has 3 N–H and O–H groups in total. The maximum absolute atomic E-state index is 14.0. The third-order valence-corrected chi connectivity index (χ3v) is 7.46. The van der Waals surface area contributed by atoms with E-state index in [4.69, 9.17) is 0 Å². The summed E-state index contributed by atoms with van der Waals surface area (Å²) in [6.45, 7) is 7.95. The minimum absolute atomic E-state index is 0.00543. The highest BCUT2D eigenvalue weighted by Crippen LogP contribution is 2.21. The van der Waals surface area contributed by atoms with E-state index in [1.165, 1.54) is 17.7 Å². The molecule has 2 amide bonds. The van der Waals surface area contributed by atoms with E-state index in [0.717, 1.165) is 30.9 Å². The Kier molecular flexibility index (Phi) is 13.3. The van der Waals surface area contributed by atoms with Gasteiger partial charge in [-0.1, -0.05) is 45.0 Å². The number of halogens is 2. The number of nitrogens with zero attached hydrogens (tertiary/aromatic N) is 2. The second kappa shape index (κ2) is 16.9. The number of amides is 2. The second-order valence-electron chi connectivity index (χ2n) is 11.4. The fourth-order valence-corrected chi connectivity index (χ4v) is 5.15. The fraction of sp³-hybridized carbons (Fsp3) is 0.429. The number of nitrogens with one attached hydrogen (secondary N) is 2. The standard InChI is InChI=1S/C35H46F2N4O3/c1-6-12-41(13-7-2)35(44)28-18-27(19-31(20-28)40(4)5)34(43)39-32(17-26-15-29(36)21-30(37)16-26)33(42)23-38-22-25-11-9-10-24(8-3)14-25/h9-11,14-16,18-21,32-33,38,42H,6-8,12-13,17,22-23H2,1-5H3,(H,39,43)/t32-,33+/m0/s1. The Morgan fingerprint density at radius 1 is 0.841 bits per heavy atom. The molecule has 3 aromatic carbocycles. The third kappa shape index (κ3) is 10.1. The van der Waals surface area contributed by atoms with Crippen molar-refractivity contribution >= 4 is 17.5 Å². The van der Waals surface area contributed by atoms with Gasteiger partial charge in [0.2, 0.25) is 0 Å². The third-order valence-electron chi connectivity index (χ3n) is 7.46. The van der Waals surface area contributed by atoms with Gasteiger partial charge in [0.05, 0.1) is 12.1 Å². The van der Waals surface area contributed by atoms with Gasteiger partial charge in [-0.25, -0.2) is 8.78 Å². The number of benzene rings is 3. The Bertz CT molecular complexity index is 1370. The van der Waals surface area contributed by atoms with Gasteiger partial charge in [0.15, 0.2) is 0 Å². The van der Waals surface area contributed by atoms with E-state index in [2.05, 4.69) is 29.7 Å². The van der Waals surface area contributed by atoms with Crippen molar-refractivity contribution in [3.8, 4) is 0 Å². The number of aliphatic hydroxyl groups excluding tert-OH is 1. The highest BCUT2D eigenvalue weighted by Gasteiger charge is 2.25. The Hall–Kier alpha value is -3.82. The summed E-state index contributed by atoms with van der Waals surface area (Å²) in [6.07, 6.45) is 1.44. The van der Waals surface area contributed by atoms with Crippen LogP contribution in [0.25, 0.3) is 0 Å². The van der Waals surface area contributed by atoms with Crippen molar-refractivity contribution in [1.82, 2.24) is 15.5 Å². The molecule has 0 aliphatic rings. The van der Waals surface area contributed by atoms with Crippen molar-refractivity contribution in [3.63, 3.8) is 0 Å². The lowest BCUT2D eigenvalue weighted by atomic mass is 9.99. The first-order valence-electron chi connectivity index (χ1n) is 15.4. The number of aryl methyl sites for hydroxylation is 1. The van der Waals surface area contributed by atoms with Crippen molar-refractivity contribution in [2.45, 2.75) is 65.1 Å². The Balaban J connectivity index is 1.86.